The van der Waals surface area contributed by atoms with Crippen LogP contribution in [-0.2, 0) is 0 Å². The van der Waals surface area contributed by atoms with Gasteiger partial charge in [0, 0.05) is 14.8 Å². The Morgan fingerprint density at radius 2 is 2.00 bits per heavy atom. The molecule has 8 heavy (non-hydrogen) atoms. The first-order valence-electron chi connectivity index (χ1n) is 3.42. The standard InChI is InChI=1S/C6H17NSi/c1-4-6(7)5-8(2)3/h6,8H,4-5,7H2,1-3H3. The molecule has 0 aromatic carbocycles. The number of nitrogens with two attached hydrogens (primary N) is 1. The minimum Gasteiger partial charge on any atom is -0.328 e. The molecular weight excluding hydrogens is 114 g/mol. The molecule has 1 atom stereocenters. The second kappa shape index (κ2) is 4.10. The molecule has 0 aliphatic rings. The van der Waals surface area contributed by atoms with Crippen LogP contribution in [0.5, 0.6) is 0 Å². The largest absolute Gasteiger partial charge is 0.328 e. The molecule has 0 saturated carbocycles. The molecule has 2 heteroatoms. The second-order valence-electron chi connectivity index (χ2n) is 2.80. The summed E-state index contributed by atoms with van der Waals surface area (Å²) in [4.78, 5) is 0. The Morgan fingerprint density at radius 1 is 1.50 bits per heavy atom. The van der Waals surface area contributed by atoms with E-state index in [-0.39, 0.29) is 8.80 Å². The van der Waals surface area contributed by atoms with Gasteiger partial charge in [0.05, 0.1) is 0 Å². The van der Waals surface area contributed by atoms with Crippen LogP contribution in [0.1, 0.15) is 13.3 Å². The van der Waals surface area contributed by atoms with E-state index < -0.39 is 0 Å². The summed E-state index contributed by atoms with van der Waals surface area (Å²) >= 11 is 0. The van der Waals surface area contributed by atoms with E-state index in [4.69, 9.17) is 5.73 Å². The molecule has 0 rings (SSSR count). The van der Waals surface area contributed by atoms with Crippen molar-refractivity contribution in [3.63, 3.8) is 0 Å². The highest BCUT2D eigenvalue weighted by molar-refractivity contribution is 6.55. The van der Waals surface area contributed by atoms with Crippen LogP contribution in [0.25, 0.3) is 0 Å². The molecule has 0 radical (unpaired) electrons. The molecule has 0 heterocycles. The lowest BCUT2D eigenvalue weighted by Crippen LogP contribution is -2.23. The average molecular weight is 131 g/mol. The fourth-order valence-corrected chi connectivity index (χ4v) is 2.32. The third kappa shape index (κ3) is 4.34. The molecule has 0 saturated heterocycles. The van der Waals surface area contributed by atoms with Gasteiger partial charge >= 0.3 is 0 Å². The lowest BCUT2D eigenvalue weighted by atomic mass is 10.3. The van der Waals surface area contributed by atoms with Crippen molar-refractivity contribution >= 4 is 8.80 Å². The molecule has 2 N–H and O–H groups in total. The summed E-state index contributed by atoms with van der Waals surface area (Å²) in [6, 6.07) is 1.79. The van der Waals surface area contributed by atoms with E-state index in [0.717, 1.165) is 6.42 Å². The molecule has 0 aliphatic heterocycles. The summed E-state index contributed by atoms with van der Waals surface area (Å²) in [5.41, 5.74) is 5.71. The molecule has 0 aliphatic carbocycles. The van der Waals surface area contributed by atoms with Crippen LogP contribution < -0.4 is 5.73 Å². The lowest BCUT2D eigenvalue weighted by molar-refractivity contribution is 0.708. The zero-order valence-electron chi connectivity index (χ0n) is 6.15. The SMILES string of the molecule is CCC(N)C[SiH](C)C. The van der Waals surface area contributed by atoms with E-state index in [1.165, 1.54) is 6.04 Å². The average Bonchev–Trinajstić information content (AvgIpc) is 1.65. The first-order valence-corrected chi connectivity index (χ1v) is 6.55. The maximum Gasteiger partial charge on any atom is 0.0321 e. The van der Waals surface area contributed by atoms with Gasteiger partial charge in [-0.3, -0.25) is 0 Å². The predicted octanol–water partition coefficient (Wildman–Crippen LogP) is 1.21. The third-order valence-corrected chi connectivity index (χ3v) is 2.85. The fourth-order valence-electron chi connectivity index (χ4n) is 0.772. The Bertz CT molecular complexity index is 54.5. The summed E-state index contributed by atoms with van der Waals surface area (Å²) in [7, 11) is -0.371. The van der Waals surface area contributed by atoms with Crippen LogP contribution in [0.15, 0.2) is 0 Å². The van der Waals surface area contributed by atoms with Gasteiger partial charge in [-0.05, 0) is 12.5 Å². The molecule has 0 aromatic rings. The first kappa shape index (κ1) is 8.18. The van der Waals surface area contributed by atoms with Crippen molar-refractivity contribution in [1.82, 2.24) is 0 Å². The van der Waals surface area contributed by atoms with Gasteiger partial charge in [-0.25, -0.2) is 0 Å². The van der Waals surface area contributed by atoms with Crippen LogP contribution in [0.4, 0.5) is 0 Å². The van der Waals surface area contributed by atoms with Crippen LogP contribution >= 0.6 is 0 Å². The maximum atomic E-state index is 5.71. The van der Waals surface area contributed by atoms with E-state index in [2.05, 4.69) is 20.0 Å². The van der Waals surface area contributed by atoms with Gasteiger partial charge in [0.15, 0.2) is 0 Å². The first-order chi connectivity index (χ1) is 3.66. The highest BCUT2D eigenvalue weighted by Gasteiger charge is 2.01. The fraction of sp³-hybridized carbons (Fsp3) is 1.00. The Balaban J connectivity index is 3.10. The molecule has 50 valence electrons. The highest BCUT2D eigenvalue weighted by Crippen LogP contribution is 1.98. The molecule has 1 unspecified atom stereocenters. The summed E-state index contributed by atoms with van der Waals surface area (Å²) in [6.07, 6.45) is 1.14. The molecule has 0 fully saturated rings. The van der Waals surface area contributed by atoms with Gasteiger partial charge in [0.2, 0.25) is 0 Å². The van der Waals surface area contributed by atoms with E-state index in [0.29, 0.717) is 6.04 Å². The van der Waals surface area contributed by atoms with Gasteiger partial charge in [-0.15, -0.1) is 0 Å². The van der Waals surface area contributed by atoms with E-state index >= 15 is 0 Å². The minimum absolute atomic E-state index is 0.371. The molecular formula is C6H17NSi. The molecule has 0 spiro atoms. The van der Waals surface area contributed by atoms with Crippen LogP contribution in [0.2, 0.25) is 19.1 Å². The molecule has 0 amide bonds. The Hall–Kier alpha value is 0.177. The Labute approximate surface area is 53.9 Å². The van der Waals surface area contributed by atoms with Crippen molar-refractivity contribution in [2.75, 3.05) is 0 Å². The quantitative estimate of drug-likeness (QED) is 0.572. The summed E-state index contributed by atoms with van der Waals surface area (Å²) in [5.74, 6) is 0. The Kier molecular flexibility index (Phi) is 4.19. The second-order valence-corrected chi connectivity index (χ2v) is 6.06. The van der Waals surface area contributed by atoms with Gasteiger partial charge < -0.3 is 5.73 Å². The summed E-state index contributed by atoms with van der Waals surface area (Å²) in [5, 5.41) is 0. The smallest absolute Gasteiger partial charge is 0.0321 e. The van der Waals surface area contributed by atoms with E-state index in [9.17, 15) is 0 Å². The predicted molar refractivity (Wildman–Crippen MR) is 42.0 cm³/mol. The normalized spacial score (nSPS) is 14.6. The van der Waals surface area contributed by atoms with Crippen LogP contribution in [-0.4, -0.2) is 14.8 Å². The number of hydrogen-bond donors (Lipinski definition) is 1. The van der Waals surface area contributed by atoms with Gasteiger partial charge in [-0.1, -0.05) is 20.0 Å². The minimum atomic E-state index is -0.371. The highest BCUT2D eigenvalue weighted by atomic mass is 28.3. The van der Waals surface area contributed by atoms with Gasteiger partial charge in [-0.2, -0.15) is 0 Å². The Morgan fingerprint density at radius 3 is 2.12 bits per heavy atom. The van der Waals surface area contributed by atoms with Crippen molar-refractivity contribution in [3.05, 3.63) is 0 Å². The number of rotatable bonds is 3. The van der Waals surface area contributed by atoms with E-state index in [1.54, 1.807) is 0 Å². The van der Waals surface area contributed by atoms with E-state index in [1.807, 2.05) is 0 Å². The van der Waals surface area contributed by atoms with Crippen LogP contribution in [0, 0.1) is 0 Å². The lowest BCUT2D eigenvalue weighted by Gasteiger charge is -2.08. The maximum absolute atomic E-state index is 5.71. The molecule has 0 bridgehead atoms. The zero-order chi connectivity index (χ0) is 6.57. The van der Waals surface area contributed by atoms with Crippen molar-refractivity contribution in [2.24, 2.45) is 5.73 Å². The van der Waals surface area contributed by atoms with Crippen molar-refractivity contribution in [2.45, 2.75) is 38.5 Å². The summed E-state index contributed by atoms with van der Waals surface area (Å²) in [6.45, 7) is 6.84. The van der Waals surface area contributed by atoms with Crippen molar-refractivity contribution < 1.29 is 0 Å². The van der Waals surface area contributed by atoms with Gasteiger partial charge in [0.1, 0.15) is 0 Å². The van der Waals surface area contributed by atoms with Gasteiger partial charge in [0.25, 0.3) is 0 Å². The monoisotopic (exact) mass is 131 g/mol. The van der Waals surface area contributed by atoms with Crippen molar-refractivity contribution in [1.29, 1.82) is 0 Å². The third-order valence-electron chi connectivity index (χ3n) is 1.30. The zero-order valence-corrected chi connectivity index (χ0v) is 7.30. The van der Waals surface area contributed by atoms with Crippen LogP contribution in [0.3, 0.4) is 0 Å². The number of hydrogen-bond acceptors (Lipinski definition) is 1. The molecule has 0 aromatic heterocycles. The topological polar surface area (TPSA) is 26.0 Å². The molecule has 1 nitrogen and oxygen atoms in total. The van der Waals surface area contributed by atoms with Crippen molar-refractivity contribution in [3.8, 4) is 0 Å². The summed E-state index contributed by atoms with van der Waals surface area (Å²) < 4.78 is 0.